The number of rotatable bonds is 3. The number of methoxy groups -OCH3 is 1. The first-order valence-corrected chi connectivity index (χ1v) is 5.20. The van der Waals surface area contributed by atoms with Crippen molar-refractivity contribution in [3.63, 3.8) is 0 Å². The van der Waals surface area contributed by atoms with Gasteiger partial charge in [-0.05, 0) is 18.2 Å². The summed E-state index contributed by atoms with van der Waals surface area (Å²) in [4.78, 5) is 1.05. The van der Waals surface area contributed by atoms with Crippen molar-refractivity contribution >= 4 is 35.0 Å². The van der Waals surface area contributed by atoms with E-state index in [2.05, 4.69) is 0 Å². The molecule has 0 aliphatic rings. The summed E-state index contributed by atoms with van der Waals surface area (Å²) in [7, 11) is 1.59. The molecule has 0 spiro atoms. The summed E-state index contributed by atoms with van der Waals surface area (Å²) in [6.45, 7) is 0. The van der Waals surface area contributed by atoms with Gasteiger partial charge in [0.05, 0.1) is 17.3 Å². The Kier molecular flexibility index (Phi) is 4.06. The van der Waals surface area contributed by atoms with Crippen LogP contribution in [0.1, 0.15) is 0 Å². The van der Waals surface area contributed by atoms with Crippen molar-refractivity contribution < 1.29 is 4.74 Å². The number of hydrogen-bond acceptors (Lipinski definition) is 2. The highest BCUT2D eigenvalue weighted by atomic mass is 35.5. The lowest BCUT2D eigenvalue weighted by Crippen LogP contribution is -1.83. The maximum absolute atomic E-state index is 5.88. The van der Waals surface area contributed by atoms with Crippen molar-refractivity contribution in [3.05, 3.63) is 23.2 Å². The zero-order valence-corrected chi connectivity index (χ0v) is 8.84. The third-order valence-electron chi connectivity index (χ3n) is 1.34. The highest BCUT2D eigenvalue weighted by Crippen LogP contribution is 2.29. The Morgan fingerprint density at radius 3 is 2.75 bits per heavy atom. The van der Waals surface area contributed by atoms with E-state index >= 15 is 0 Å². The number of alkyl halides is 1. The molecule has 0 unspecified atom stereocenters. The fourth-order valence-corrected chi connectivity index (χ4v) is 1.99. The summed E-state index contributed by atoms with van der Waals surface area (Å²) in [5, 5.41) is 1.15. The average Bonchev–Trinajstić information content (AvgIpc) is 2.05. The van der Waals surface area contributed by atoms with Crippen LogP contribution in [0.3, 0.4) is 0 Å². The lowest BCUT2D eigenvalue weighted by Gasteiger charge is -2.03. The van der Waals surface area contributed by atoms with Crippen LogP contribution in [0.25, 0.3) is 0 Å². The quantitative estimate of drug-likeness (QED) is 0.571. The maximum Gasteiger partial charge on any atom is 0.137 e. The zero-order valence-electron chi connectivity index (χ0n) is 6.51. The van der Waals surface area contributed by atoms with E-state index in [1.54, 1.807) is 7.11 Å². The van der Waals surface area contributed by atoms with Crippen LogP contribution < -0.4 is 4.74 Å². The van der Waals surface area contributed by atoms with E-state index in [-0.39, 0.29) is 0 Å². The van der Waals surface area contributed by atoms with Crippen LogP contribution in [-0.2, 0) is 0 Å². The van der Waals surface area contributed by atoms with E-state index in [0.717, 1.165) is 4.90 Å². The SMILES string of the molecule is COc1ccc(SCCl)cc1Cl. The molecule has 1 aromatic carbocycles. The van der Waals surface area contributed by atoms with Crippen LogP contribution in [0.5, 0.6) is 5.75 Å². The molecule has 0 bridgehead atoms. The van der Waals surface area contributed by atoms with E-state index in [0.29, 0.717) is 16.0 Å². The number of ether oxygens (including phenoxy) is 1. The lowest BCUT2D eigenvalue weighted by molar-refractivity contribution is 0.414. The van der Waals surface area contributed by atoms with E-state index in [1.165, 1.54) is 11.8 Å². The monoisotopic (exact) mass is 222 g/mol. The Bertz CT molecular complexity index is 265. The molecule has 0 saturated heterocycles. The number of benzene rings is 1. The van der Waals surface area contributed by atoms with Gasteiger partial charge in [0.1, 0.15) is 5.75 Å². The average molecular weight is 223 g/mol. The smallest absolute Gasteiger partial charge is 0.137 e. The van der Waals surface area contributed by atoms with Gasteiger partial charge in [-0.3, -0.25) is 0 Å². The molecule has 0 saturated carbocycles. The van der Waals surface area contributed by atoms with Crippen LogP contribution >= 0.6 is 35.0 Å². The molecule has 0 aliphatic carbocycles. The van der Waals surface area contributed by atoms with Crippen molar-refractivity contribution in [1.82, 2.24) is 0 Å². The summed E-state index contributed by atoms with van der Waals surface area (Å²) >= 11 is 13.0. The second-order valence-corrected chi connectivity index (χ2v) is 4.09. The topological polar surface area (TPSA) is 9.23 Å². The summed E-state index contributed by atoms with van der Waals surface area (Å²) < 4.78 is 5.00. The van der Waals surface area contributed by atoms with Crippen molar-refractivity contribution in [3.8, 4) is 5.75 Å². The first kappa shape index (κ1) is 10.0. The Morgan fingerprint density at radius 1 is 1.50 bits per heavy atom. The predicted octanol–water partition coefficient (Wildman–Crippen LogP) is 3.64. The van der Waals surface area contributed by atoms with E-state index in [1.807, 2.05) is 18.2 Å². The van der Waals surface area contributed by atoms with Gasteiger partial charge < -0.3 is 4.74 Å². The van der Waals surface area contributed by atoms with Crippen molar-refractivity contribution in [1.29, 1.82) is 0 Å². The summed E-state index contributed by atoms with van der Waals surface area (Å²) in [6.07, 6.45) is 0. The molecule has 0 fully saturated rings. The minimum atomic E-state index is 0.530. The van der Waals surface area contributed by atoms with Gasteiger partial charge in [-0.25, -0.2) is 0 Å². The number of halogens is 2. The minimum Gasteiger partial charge on any atom is -0.495 e. The zero-order chi connectivity index (χ0) is 8.97. The Balaban J connectivity index is 2.86. The molecule has 1 nitrogen and oxygen atoms in total. The van der Waals surface area contributed by atoms with Crippen LogP contribution in [-0.4, -0.2) is 12.3 Å². The van der Waals surface area contributed by atoms with E-state index < -0.39 is 0 Å². The summed E-state index contributed by atoms with van der Waals surface area (Å²) in [5.74, 6) is 0.690. The molecule has 0 aliphatic heterocycles. The van der Waals surface area contributed by atoms with Crippen LogP contribution in [0.15, 0.2) is 23.1 Å². The first-order valence-electron chi connectivity index (χ1n) is 3.30. The highest BCUT2D eigenvalue weighted by molar-refractivity contribution is 8.00. The molecule has 0 heterocycles. The van der Waals surface area contributed by atoms with Gasteiger partial charge in [-0.2, -0.15) is 0 Å². The third-order valence-corrected chi connectivity index (χ3v) is 2.66. The van der Waals surface area contributed by atoms with Gasteiger partial charge in [0, 0.05) is 4.90 Å². The molecule has 0 amide bonds. The Morgan fingerprint density at radius 2 is 2.25 bits per heavy atom. The molecule has 0 radical (unpaired) electrons. The molecule has 0 atom stereocenters. The standard InChI is InChI=1S/C8H8Cl2OS/c1-11-8-3-2-6(12-5-9)4-7(8)10/h2-4H,5H2,1H3. The molecular weight excluding hydrogens is 215 g/mol. The van der Waals surface area contributed by atoms with Crippen molar-refractivity contribution in [2.45, 2.75) is 4.90 Å². The summed E-state index contributed by atoms with van der Waals surface area (Å²) in [6, 6.07) is 5.60. The third kappa shape index (κ3) is 2.47. The minimum absolute atomic E-state index is 0.530. The Hall–Kier alpha value is -0.0500. The number of thioether (sulfide) groups is 1. The van der Waals surface area contributed by atoms with E-state index in [4.69, 9.17) is 27.9 Å². The van der Waals surface area contributed by atoms with Crippen molar-refractivity contribution in [2.75, 3.05) is 12.3 Å². The Labute approximate surface area is 86.0 Å². The van der Waals surface area contributed by atoms with Crippen molar-refractivity contribution in [2.24, 2.45) is 0 Å². The van der Waals surface area contributed by atoms with Crippen LogP contribution in [0.4, 0.5) is 0 Å². The lowest BCUT2D eigenvalue weighted by atomic mass is 10.3. The fraction of sp³-hybridized carbons (Fsp3) is 0.250. The fourth-order valence-electron chi connectivity index (χ4n) is 0.800. The maximum atomic E-state index is 5.88. The van der Waals surface area contributed by atoms with Gasteiger partial charge in [0.2, 0.25) is 0 Å². The molecule has 0 N–H and O–H groups in total. The van der Waals surface area contributed by atoms with Gasteiger partial charge >= 0.3 is 0 Å². The highest BCUT2D eigenvalue weighted by Gasteiger charge is 2.00. The predicted molar refractivity (Wildman–Crippen MR) is 54.6 cm³/mol. The second-order valence-electron chi connectivity index (χ2n) is 2.05. The molecule has 66 valence electrons. The van der Waals surface area contributed by atoms with Crippen LogP contribution in [0, 0.1) is 0 Å². The normalized spacial score (nSPS) is 9.92. The molecule has 4 heteroatoms. The van der Waals surface area contributed by atoms with E-state index in [9.17, 15) is 0 Å². The van der Waals surface area contributed by atoms with Gasteiger partial charge in [-0.1, -0.05) is 11.6 Å². The summed E-state index contributed by atoms with van der Waals surface area (Å²) in [5.41, 5.74) is 0. The molecule has 1 aromatic rings. The van der Waals surface area contributed by atoms with Gasteiger partial charge in [0.25, 0.3) is 0 Å². The van der Waals surface area contributed by atoms with Gasteiger partial charge in [-0.15, -0.1) is 23.4 Å². The molecule has 12 heavy (non-hydrogen) atoms. The molecular formula is C8H8Cl2OS. The van der Waals surface area contributed by atoms with Crippen LogP contribution in [0.2, 0.25) is 5.02 Å². The first-order chi connectivity index (χ1) is 5.77. The second kappa shape index (κ2) is 4.85. The van der Waals surface area contributed by atoms with Gasteiger partial charge in [0.15, 0.2) is 0 Å². The molecule has 1 rings (SSSR count). The molecule has 0 aromatic heterocycles. The number of hydrogen-bond donors (Lipinski definition) is 0. The largest absolute Gasteiger partial charge is 0.495 e.